The van der Waals surface area contributed by atoms with Crippen LogP contribution in [0, 0.1) is 0 Å². The SMILES string of the molecule is CCCCONC(=O)N(OCCCC)OCCCC. The van der Waals surface area contributed by atoms with Crippen LogP contribution in [0.15, 0.2) is 0 Å². The summed E-state index contributed by atoms with van der Waals surface area (Å²) in [6.45, 7) is 7.55. The number of rotatable bonds is 12. The monoisotopic (exact) mass is 276 g/mol. The maximum absolute atomic E-state index is 11.7. The van der Waals surface area contributed by atoms with Crippen molar-refractivity contribution in [2.45, 2.75) is 59.3 Å². The largest absolute Gasteiger partial charge is 0.390 e. The van der Waals surface area contributed by atoms with Crippen LogP contribution < -0.4 is 5.48 Å². The number of carbonyl (C=O) groups is 1. The molecule has 0 bridgehead atoms. The highest BCUT2D eigenvalue weighted by Crippen LogP contribution is 2.00. The molecular formula is C13H28N2O4. The molecule has 0 aromatic heterocycles. The second-order valence-electron chi connectivity index (χ2n) is 4.24. The lowest BCUT2D eigenvalue weighted by atomic mass is 10.4. The minimum absolute atomic E-state index is 0.449. The Hall–Kier alpha value is -0.850. The van der Waals surface area contributed by atoms with Gasteiger partial charge >= 0.3 is 6.03 Å². The van der Waals surface area contributed by atoms with E-state index in [-0.39, 0.29) is 0 Å². The van der Waals surface area contributed by atoms with E-state index >= 15 is 0 Å². The fraction of sp³-hybridized carbons (Fsp3) is 0.923. The maximum Gasteiger partial charge on any atom is 0.390 e. The molecule has 114 valence electrons. The number of unbranched alkanes of at least 4 members (excludes halogenated alkanes) is 3. The highest BCUT2D eigenvalue weighted by molar-refractivity contribution is 5.70. The lowest BCUT2D eigenvalue weighted by Crippen LogP contribution is -2.40. The summed E-state index contributed by atoms with van der Waals surface area (Å²) in [5, 5.41) is 0.886. The van der Waals surface area contributed by atoms with Crippen LogP contribution in [0.3, 0.4) is 0 Å². The van der Waals surface area contributed by atoms with Gasteiger partial charge in [0, 0.05) is 0 Å². The zero-order valence-electron chi connectivity index (χ0n) is 12.4. The van der Waals surface area contributed by atoms with E-state index in [1.54, 1.807) is 0 Å². The van der Waals surface area contributed by atoms with Gasteiger partial charge in [0.25, 0.3) is 0 Å². The first-order chi connectivity index (χ1) is 9.26. The lowest BCUT2D eigenvalue weighted by Gasteiger charge is -2.20. The van der Waals surface area contributed by atoms with Gasteiger partial charge in [-0.2, -0.15) is 0 Å². The molecule has 0 aliphatic carbocycles. The standard InChI is InChI=1S/C13H28N2O4/c1-4-7-10-17-14-13(16)15(18-11-8-5-2)19-12-9-6-3/h4-12H2,1-3H3,(H,14,16). The van der Waals surface area contributed by atoms with Crippen LogP contribution in [0.5, 0.6) is 0 Å². The number of urea groups is 1. The van der Waals surface area contributed by atoms with Crippen molar-refractivity contribution in [1.29, 1.82) is 0 Å². The normalized spacial score (nSPS) is 10.5. The van der Waals surface area contributed by atoms with Gasteiger partial charge in [-0.1, -0.05) is 45.3 Å². The molecule has 19 heavy (non-hydrogen) atoms. The van der Waals surface area contributed by atoms with E-state index in [2.05, 4.69) is 26.3 Å². The lowest BCUT2D eigenvalue weighted by molar-refractivity contribution is -0.330. The van der Waals surface area contributed by atoms with Crippen LogP contribution in [-0.4, -0.2) is 31.1 Å². The van der Waals surface area contributed by atoms with Crippen molar-refractivity contribution >= 4 is 6.03 Å². The number of amides is 2. The van der Waals surface area contributed by atoms with E-state index in [0.29, 0.717) is 19.8 Å². The van der Waals surface area contributed by atoms with Gasteiger partial charge in [0.2, 0.25) is 0 Å². The molecule has 2 amide bonds. The summed E-state index contributed by atoms with van der Waals surface area (Å²) in [5.41, 5.74) is 2.31. The maximum atomic E-state index is 11.7. The molecule has 0 unspecified atom stereocenters. The molecule has 1 N–H and O–H groups in total. The van der Waals surface area contributed by atoms with Gasteiger partial charge in [-0.15, -0.1) is 0 Å². The average molecular weight is 276 g/mol. The summed E-state index contributed by atoms with van der Waals surface area (Å²) in [6, 6.07) is -0.525. The number of hydroxylamine groups is 3. The molecule has 0 spiro atoms. The van der Waals surface area contributed by atoms with E-state index < -0.39 is 6.03 Å². The van der Waals surface area contributed by atoms with Crippen molar-refractivity contribution < 1.29 is 19.3 Å². The Morgan fingerprint density at radius 1 is 0.895 bits per heavy atom. The molecule has 0 atom stereocenters. The summed E-state index contributed by atoms with van der Waals surface area (Å²) in [4.78, 5) is 27.3. The topological polar surface area (TPSA) is 60.0 Å². The molecule has 0 fully saturated rings. The Morgan fingerprint density at radius 2 is 1.37 bits per heavy atom. The van der Waals surface area contributed by atoms with Gasteiger partial charge in [0.1, 0.15) is 0 Å². The Morgan fingerprint density at radius 3 is 1.84 bits per heavy atom. The summed E-state index contributed by atoms with van der Waals surface area (Å²) in [5.74, 6) is 0. The second kappa shape index (κ2) is 13.6. The Bertz CT molecular complexity index is 205. The minimum Gasteiger partial charge on any atom is -0.272 e. The highest BCUT2D eigenvalue weighted by atomic mass is 17.0. The minimum atomic E-state index is -0.525. The third-order valence-corrected chi connectivity index (χ3v) is 2.34. The van der Waals surface area contributed by atoms with Gasteiger partial charge in [-0.25, -0.2) is 19.9 Å². The number of nitrogens with zero attached hydrogens (tertiary/aromatic N) is 1. The van der Waals surface area contributed by atoms with E-state index in [1.807, 2.05) is 0 Å². The first-order valence-corrected chi connectivity index (χ1v) is 7.23. The van der Waals surface area contributed by atoms with E-state index in [4.69, 9.17) is 14.5 Å². The van der Waals surface area contributed by atoms with Crippen molar-refractivity contribution in [3.05, 3.63) is 0 Å². The van der Waals surface area contributed by atoms with Gasteiger partial charge in [0.15, 0.2) is 0 Å². The summed E-state index contributed by atoms with van der Waals surface area (Å²) in [6.07, 6.45) is 5.65. The Kier molecular flexibility index (Phi) is 13.0. The molecular weight excluding hydrogens is 248 g/mol. The fourth-order valence-corrected chi connectivity index (χ4v) is 1.10. The smallest absolute Gasteiger partial charge is 0.272 e. The van der Waals surface area contributed by atoms with Crippen LogP contribution >= 0.6 is 0 Å². The fourth-order valence-electron chi connectivity index (χ4n) is 1.10. The summed E-state index contributed by atoms with van der Waals surface area (Å²) < 4.78 is 0. The third kappa shape index (κ3) is 10.7. The summed E-state index contributed by atoms with van der Waals surface area (Å²) >= 11 is 0. The molecule has 0 aliphatic rings. The Labute approximate surface area is 116 Å². The van der Waals surface area contributed by atoms with Crippen LogP contribution in [0.4, 0.5) is 4.79 Å². The zero-order valence-corrected chi connectivity index (χ0v) is 12.4. The zero-order chi connectivity index (χ0) is 14.3. The number of hydrogen-bond donors (Lipinski definition) is 1. The molecule has 6 nitrogen and oxygen atoms in total. The van der Waals surface area contributed by atoms with Gasteiger partial charge in [0.05, 0.1) is 19.8 Å². The predicted molar refractivity (Wildman–Crippen MR) is 73.0 cm³/mol. The van der Waals surface area contributed by atoms with Crippen LogP contribution in [-0.2, 0) is 14.5 Å². The van der Waals surface area contributed by atoms with E-state index in [1.165, 1.54) is 0 Å². The highest BCUT2D eigenvalue weighted by Gasteiger charge is 2.15. The van der Waals surface area contributed by atoms with Crippen LogP contribution in [0.25, 0.3) is 0 Å². The van der Waals surface area contributed by atoms with Crippen molar-refractivity contribution in [3.63, 3.8) is 0 Å². The first kappa shape index (κ1) is 18.1. The van der Waals surface area contributed by atoms with Gasteiger partial charge < -0.3 is 0 Å². The Balaban J connectivity index is 3.94. The number of nitrogens with one attached hydrogen (secondary N) is 1. The molecule has 0 heterocycles. The molecule has 6 heteroatoms. The van der Waals surface area contributed by atoms with Crippen molar-refractivity contribution in [3.8, 4) is 0 Å². The van der Waals surface area contributed by atoms with Gasteiger partial charge in [-0.05, 0) is 19.3 Å². The van der Waals surface area contributed by atoms with E-state index in [0.717, 1.165) is 43.8 Å². The van der Waals surface area contributed by atoms with Crippen molar-refractivity contribution in [1.82, 2.24) is 10.7 Å². The van der Waals surface area contributed by atoms with Crippen molar-refractivity contribution in [2.24, 2.45) is 0 Å². The molecule has 0 aromatic carbocycles. The van der Waals surface area contributed by atoms with Crippen LogP contribution in [0.2, 0.25) is 0 Å². The molecule has 0 aromatic rings. The number of hydrogen-bond acceptors (Lipinski definition) is 4. The molecule has 0 saturated carbocycles. The quantitative estimate of drug-likeness (QED) is 0.439. The average Bonchev–Trinajstić information content (AvgIpc) is 2.42. The molecule has 0 saturated heterocycles. The molecule has 0 rings (SSSR count). The molecule has 0 aliphatic heterocycles. The third-order valence-electron chi connectivity index (χ3n) is 2.34. The molecule has 0 radical (unpaired) electrons. The van der Waals surface area contributed by atoms with Crippen LogP contribution in [0.1, 0.15) is 59.3 Å². The summed E-state index contributed by atoms with van der Waals surface area (Å²) in [7, 11) is 0. The van der Waals surface area contributed by atoms with Crippen molar-refractivity contribution in [2.75, 3.05) is 19.8 Å². The van der Waals surface area contributed by atoms with Gasteiger partial charge in [-0.3, -0.25) is 4.84 Å². The predicted octanol–water partition coefficient (Wildman–Crippen LogP) is 3.19. The van der Waals surface area contributed by atoms with E-state index in [9.17, 15) is 4.79 Å². The number of carbonyl (C=O) groups excluding carboxylic acids is 1. The second-order valence-corrected chi connectivity index (χ2v) is 4.24. The first-order valence-electron chi connectivity index (χ1n) is 7.23.